The Kier molecular flexibility index (Phi) is 1.83. The van der Waals surface area contributed by atoms with Crippen molar-refractivity contribution in [1.29, 1.82) is 5.41 Å². The van der Waals surface area contributed by atoms with Gasteiger partial charge in [-0.15, -0.1) is 0 Å². The molecule has 2 N–H and O–H groups in total. The lowest BCUT2D eigenvalue weighted by atomic mass is 9.67. The molecule has 2 nitrogen and oxygen atoms in total. The van der Waals surface area contributed by atoms with E-state index in [0.717, 1.165) is 19.3 Å². The molecule has 3 fully saturated rings. The van der Waals surface area contributed by atoms with E-state index in [1.807, 2.05) is 0 Å². The molecule has 90 valence electrons. The van der Waals surface area contributed by atoms with Crippen molar-refractivity contribution in [2.45, 2.75) is 58.5 Å². The molecule has 3 aliphatic rings. The van der Waals surface area contributed by atoms with E-state index in [4.69, 9.17) is 5.41 Å². The van der Waals surface area contributed by atoms with Crippen LogP contribution in [0.3, 0.4) is 0 Å². The molecule has 0 aromatic heterocycles. The van der Waals surface area contributed by atoms with E-state index >= 15 is 0 Å². The van der Waals surface area contributed by atoms with Crippen molar-refractivity contribution in [3.8, 4) is 0 Å². The van der Waals surface area contributed by atoms with E-state index < -0.39 is 5.60 Å². The molecular weight excluding hydrogens is 198 g/mol. The fraction of sp³-hybridized carbons (Fsp3) is 0.929. The third kappa shape index (κ3) is 1.000. The van der Waals surface area contributed by atoms with E-state index in [1.54, 1.807) is 0 Å². The fourth-order valence-electron chi connectivity index (χ4n) is 5.40. The van der Waals surface area contributed by atoms with Gasteiger partial charge in [0.1, 0.15) is 5.60 Å². The quantitative estimate of drug-likeness (QED) is 0.649. The van der Waals surface area contributed by atoms with Crippen molar-refractivity contribution in [3.63, 3.8) is 0 Å². The van der Waals surface area contributed by atoms with Crippen LogP contribution in [0.4, 0.5) is 0 Å². The summed E-state index contributed by atoms with van der Waals surface area (Å²) in [5.74, 6) is 0.682. The van der Waals surface area contributed by atoms with Crippen LogP contribution in [0.5, 0.6) is 0 Å². The van der Waals surface area contributed by atoms with Crippen LogP contribution in [-0.2, 0) is 0 Å². The topological polar surface area (TPSA) is 44.1 Å². The second-order valence-corrected chi connectivity index (χ2v) is 7.32. The summed E-state index contributed by atoms with van der Waals surface area (Å²) >= 11 is 0. The molecular formula is C14H23NO. The van der Waals surface area contributed by atoms with Gasteiger partial charge in [0.05, 0.1) is 0 Å². The van der Waals surface area contributed by atoms with Gasteiger partial charge in [-0.2, -0.15) is 0 Å². The van der Waals surface area contributed by atoms with Crippen molar-refractivity contribution >= 4 is 5.71 Å². The van der Waals surface area contributed by atoms with Gasteiger partial charge in [-0.25, -0.2) is 0 Å². The van der Waals surface area contributed by atoms with Crippen LogP contribution in [0.25, 0.3) is 0 Å². The van der Waals surface area contributed by atoms with Crippen molar-refractivity contribution in [1.82, 2.24) is 0 Å². The molecule has 3 rings (SSSR count). The molecule has 3 aliphatic carbocycles. The summed E-state index contributed by atoms with van der Waals surface area (Å²) in [6.07, 6.45) is 5.44. The van der Waals surface area contributed by atoms with Gasteiger partial charge in [0.2, 0.25) is 0 Å². The number of aliphatic hydroxyl groups is 1. The third-order valence-corrected chi connectivity index (χ3v) is 5.82. The predicted octanol–water partition coefficient (Wildman–Crippen LogP) is 2.99. The number of hydrogen-bond acceptors (Lipinski definition) is 2. The van der Waals surface area contributed by atoms with Crippen LogP contribution in [0, 0.1) is 28.1 Å². The fourth-order valence-corrected chi connectivity index (χ4v) is 5.40. The highest BCUT2D eigenvalue weighted by Gasteiger charge is 2.69. The Bertz CT molecular complexity index is 362. The summed E-state index contributed by atoms with van der Waals surface area (Å²) in [6, 6.07) is 0. The third-order valence-electron chi connectivity index (χ3n) is 5.82. The minimum Gasteiger partial charge on any atom is -0.383 e. The van der Waals surface area contributed by atoms with Crippen LogP contribution >= 0.6 is 0 Å². The molecule has 0 amide bonds. The highest BCUT2D eigenvalue weighted by molar-refractivity contribution is 5.93. The van der Waals surface area contributed by atoms with Crippen LogP contribution in [-0.4, -0.2) is 16.4 Å². The molecule has 0 aromatic carbocycles. The molecule has 0 aromatic rings. The number of rotatable bonds is 0. The van der Waals surface area contributed by atoms with E-state index in [9.17, 15) is 5.11 Å². The molecule has 0 saturated heterocycles. The average molecular weight is 221 g/mol. The lowest BCUT2D eigenvalue weighted by molar-refractivity contribution is -0.0178. The first kappa shape index (κ1) is 10.8. The monoisotopic (exact) mass is 221 g/mol. The van der Waals surface area contributed by atoms with Crippen molar-refractivity contribution in [2.24, 2.45) is 22.7 Å². The van der Waals surface area contributed by atoms with Gasteiger partial charge in [-0.1, -0.05) is 20.8 Å². The van der Waals surface area contributed by atoms with Crippen molar-refractivity contribution in [3.05, 3.63) is 0 Å². The molecule has 0 heterocycles. The molecule has 3 saturated carbocycles. The van der Waals surface area contributed by atoms with Crippen LogP contribution in [0.2, 0.25) is 0 Å². The van der Waals surface area contributed by atoms with Crippen LogP contribution in [0.1, 0.15) is 52.9 Å². The molecule has 2 heteroatoms. The van der Waals surface area contributed by atoms with Crippen molar-refractivity contribution < 1.29 is 5.11 Å². The zero-order valence-electron chi connectivity index (χ0n) is 10.6. The maximum atomic E-state index is 11.0. The Hall–Kier alpha value is -0.370. The van der Waals surface area contributed by atoms with Gasteiger partial charge in [0.15, 0.2) is 0 Å². The summed E-state index contributed by atoms with van der Waals surface area (Å²) in [5.41, 5.74) is 0.362. The minimum atomic E-state index is -0.755. The second-order valence-electron chi connectivity index (χ2n) is 7.32. The lowest BCUT2D eigenvalue weighted by Gasteiger charge is -2.41. The highest BCUT2D eigenvalue weighted by Crippen LogP contribution is 2.69. The summed E-state index contributed by atoms with van der Waals surface area (Å²) in [6.45, 7) is 6.92. The van der Waals surface area contributed by atoms with E-state index in [-0.39, 0.29) is 10.8 Å². The standard InChI is InChI=1S/C14H23NO/c1-12(2)6-7-13(3)8-9-4-5-10(15)14(9,16)11(12)13/h9,11,15-16H,4-8H2,1-3H3/t9-,11-,13-,14-/m1/s1. The SMILES string of the molecule is CC1(C)CC[C@]2(C)C[C@H]3CCC(=N)[C@@]3(O)[C@H]12. The number of nitrogens with one attached hydrogen (secondary N) is 1. The molecule has 0 unspecified atom stereocenters. The number of fused-ring (bicyclic) bond motifs is 3. The largest absolute Gasteiger partial charge is 0.383 e. The Balaban J connectivity index is 2.12. The molecule has 0 spiro atoms. The highest BCUT2D eigenvalue weighted by atomic mass is 16.3. The summed E-state index contributed by atoms with van der Waals surface area (Å²) < 4.78 is 0. The summed E-state index contributed by atoms with van der Waals surface area (Å²) in [4.78, 5) is 0. The maximum Gasteiger partial charge on any atom is 0.109 e. The lowest BCUT2D eigenvalue weighted by Crippen LogP contribution is -2.49. The minimum absolute atomic E-state index is 0.203. The van der Waals surface area contributed by atoms with E-state index in [2.05, 4.69) is 20.8 Å². The van der Waals surface area contributed by atoms with Gasteiger partial charge in [-0.05, 0) is 48.9 Å². The molecule has 0 bridgehead atoms. The average Bonchev–Trinajstić information content (AvgIpc) is 2.65. The van der Waals surface area contributed by atoms with E-state index in [0.29, 0.717) is 17.5 Å². The summed E-state index contributed by atoms with van der Waals surface area (Å²) in [7, 11) is 0. The number of hydrogen-bond donors (Lipinski definition) is 2. The molecule has 4 atom stereocenters. The Morgan fingerprint density at radius 1 is 1.25 bits per heavy atom. The predicted molar refractivity (Wildman–Crippen MR) is 64.6 cm³/mol. The first-order chi connectivity index (χ1) is 7.31. The van der Waals surface area contributed by atoms with Crippen molar-refractivity contribution in [2.75, 3.05) is 0 Å². The summed E-state index contributed by atoms with van der Waals surface area (Å²) in [5, 5.41) is 19.2. The van der Waals surface area contributed by atoms with Gasteiger partial charge in [0.25, 0.3) is 0 Å². The van der Waals surface area contributed by atoms with Gasteiger partial charge >= 0.3 is 0 Å². The zero-order valence-corrected chi connectivity index (χ0v) is 10.6. The molecule has 16 heavy (non-hydrogen) atoms. The van der Waals surface area contributed by atoms with Crippen LogP contribution in [0.15, 0.2) is 0 Å². The van der Waals surface area contributed by atoms with Gasteiger partial charge in [0, 0.05) is 11.6 Å². The van der Waals surface area contributed by atoms with Gasteiger partial charge < -0.3 is 10.5 Å². The maximum absolute atomic E-state index is 11.0. The normalized spacial score (nSPS) is 54.1. The van der Waals surface area contributed by atoms with Crippen LogP contribution < -0.4 is 0 Å². The Morgan fingerprint density at radius 3 is 2.62 bits per heavy atom. The first-order valence-electron chi connectivity index (χ1n) is 6.61. The van der Waals surface area contributed by atoms with Gasteiger partial charge in [-0.3, -0.25) is 0 Å². The second kappa shape index (κ2) is 2.72. The Labute approximate surface area is 97.9 Å². The smallest absolute Gasteiger partial charge is 0.109 e. The van der Waals surface area contributed by atoms with E-state index in [1.165, 1.54) is 12.8 Å². The first-order valence-corrected chi connectivity index (χ1v) is 6.61. The zero-order chi connectivity index (χ0) is 11.8. The molecule has 0 aliphatic heterocycles. The molecule has 0 radical (unpaired) electrons. The Morgan fingerprint density at radius 2 is 1.94 bits per heavy atom.